The molecule has 0 unspecified atom stereocenters. The second-order valence-corrected chi connectivity index (χ2v) is 2.68. The fourth-order valence-electron chi connectivity index (χ4n) is 1.19. The molecule has 0 bridgehead atoms. The largest absolute Gasteiger partial charge is 0.463 e. The average Bonchev–Trinajstić information content (AvgIpc) is 2.56. The summed E-state index contributed by atoms with van der Waals surface area (Å²) in [6.07, 6.45) is 3.75. The van der Waals surface area contributed by atoms with Crippen molar-refractivity contribution in [1.29, 1.82) is 0 Å². The maximum atomic E-state index is 11.0. The van der Waals surface area contributed by atoms with E-state index in [0.717, 1.165) is 11.5 Å². The predicted molar refractivity (Wildman–Crippen MR) is 44.3 cm³/mol. The van der Waals surface area contributed by atoms with Crippen LogP contribution in [0, 0.1) is 0 Å². The van der Waals surface area contributed by atoms with E-state index in [1.165, 1.54) is 0 Å². The Morgan fingerprint density at radius 2 is 2.42 bits per heavy atom. The normalized spacial score (nSPS) is 17.0. The van der Waals surface area contributed by atoms with Crippen molar-refractivity contribution >= 4 is 11.5 Å². The first kappa shape index (κ1) is 7.16. The van der Waals surface area contributed by atoms with Gasteiger partial charge in [0.25, 0.3) is 0 Å². The van der Waals surface area contributed by atoms with E-state index in [4.69, 9.17) is 4.42 Å². The maximum Gasteiger partial charge on any atom is 0.159 e. The fourth-order valence-corrected chi connectivity index (χ4v) is 1.19. The van der Waals surface area contributed by atoms with Gasteiger partial charge in [0.2, 0.25) is 0 Å². The molecule has 0 spiro atoms. The first-order valence-electron chi connectivity index (χ1n) is 3.88. The highest BCUT2D eigenvalue weighted by molar-refractivity contribution is 5.97. The molecule has 12 heavy (non-hydrogen) atoms. The zero-order valence-electron chi connectivity index (χ0n) is 6.54. The van der Waals surface area contributed by atoms with Crippen molar-refractivity contribution in [3.05, 3.63) is 30.2 Å². The molecule has 0 atom stereocenters. The average molecular weight is 163 g/mol. The second kappa shape index (κ2) is 2.85. The lowest BCUT2D eigenvalue weighted by Crippen LogP contribution is -2.21. The number of carbonyl (C=O) groups excluding carboxylic acids is 1. The van der Waals surface area contributed by atoms with E-state index in [9.17, 15) is 4.79 Å². The van der Waals surface area contributed by atoms with Crippen LogP contribution in [0.5, 0.6) is 0 Å². The van der Waals surface area contributed by atoms with Gasteiger partial charge in [-0.1, -0.05) is 0 Å². The summed E-state index contributed by atoms with van der Waals surface area (Å²) in [5, 5.41) is 3.10. The Balaban J connectivity index is 2.29. The van der Waals surface area contributed by atoms with Crippen LogP contribution < -0.4 is 5.32 Å². The van der Waals surface area contributed by atoms with Gasteiger partial charge < -0.3 is 9.73 Å². The topological polar surface area (TPSA) is 42.2 Å². The van der Waals surface area contributed by atoms with Gasteiger partial charge >= 0.3 is 0 Å². The molecule has 2 rings (SSSR count). The molecule has 1 aliphatic heterocycles. The predicted octanol–water partition coefficient (Wildman–Crippen LogP) is 1.18. The zero-order valence-corrected chi connectivity index (χ0v) is 6.54. The molecule has 3 heteroatoms. The molecule has 0 fully saturated rings. The lowest BCUT2D eigenvalue weighted by molar-refractivity contribution is -0.114. The summed E-state index contributed by atoms with van der Waals surface area (Å²) < 4.78 is 5.14. The van der Waals surface area contributed by atoms with Crippen LogP contribution >= 0.6 is 0 Å². The number of allylic oxidation sites excluding steroid dienone is 1. The highest BCUT2D eigenvalue weighted by Gasteiger charge is 2.11. The SMILES string of the molecule is O=C1C=C(c2ccco2)NCC1. The quantitative estimate of drug-likeness (QED) is 0.676. The number of nitrogens with one attached hydrogen (secondary N) is 1. The van der Waals surface area contributed by atoms with Crippen LogP contribution in [0.2, 0.25) is 0 Å². The monoisotopic (exact) mass is 163 g/mol. The van der Waals surface area contributed by atoms with E-state index in [1.54, 1.807) is 18.4 Å². The standard InChI is InChI=1S/C9H9NO2/c11-7-3-4-10-8(6-7)9-2-1-5-12-9/h1-2,5-6,10H,3-4H2. The van der Waals surface area contributed by atoms with Gasteiger partial charge in [-0.3, -0.25) is 4.79 Å². The Morgan fingerprint density at radius 1 is 1.50 bits per heavy atom. The summed E-state index contributed by atoms with van der Waals surface area (Å²) in [4.78, 5) is 11.0. The summed E-state index contributed by atoms with van der Waals surface area (Å²) in [6, 6.07) is 3.63. The lowest BCUT2D eigenvalue weighted by atomic mass is 10.1. The van der Waals surface area contributed by atoms with Crippen molar-refractivity contribution in [2.24, 2.45) is 0 Å². The van der Waals surface area contributed by atoms with Crippen LogP contribution in [-0.4, -0.2) is 12.3 Å². The van der Waals surface area contributed by atoms with Crippen molar-refractivity contribution < 1.29 is 9.21 Å². The Morgan fingerprint density at radius 3 is 3.08 bits per heavy atom. The Bertz CT molecular complexity index is 311. The number of rotatable bonds is 1. The first-order chi connectivity index (χ1) is 5.86. The first-order valence-corrected chi connectivity index (χ1v) is 3.88. The maximum absolute atomic E-state index is 11.0. The van der Waals surface area contributed by atoms with Crippen LogP contribution in [0.4, 0.5) is 0 Å². The molecule has 0 amide bonds. The Labute approximate surface area is 70.1 Å². The van der Waals surface area contributed by atoms with E-state index < -0.39 is 0 Å². The van der Waals surface area contributed by atoms with Gasteiger partial charge in [0.05, 0.1) is 12.0 Å². The van der Waals surface area contributed by atoms with E-state index in [2.05, 4.69) is 5.32 Å². The Kier molecular flexibility index (Phi) is 1.70. The van der Waals surface area contributed by atoms with Gasteiger partial charge in [-0.05, 0) is 12.1 Å². The molecular weight excluding hydrogens is 154 g/mol. The van der Waals surface area contributed by atoms with E-state index in [-0.39, 0.29) is 5.78 Å². The van der Waals surface area contributed by atoms with Crippen LogP contribution in [0.1, 0.15) is 12.2 Å². The lowest BCUT2D eigenvalue weighted by Gasteiger charge is -2.11. The van der Waals surface area contributed by atoms with E-state index in [0.29, 0.717) is 13.0 Å². The highest BCUT2D eigenvalue weighted by atomic mass is 16.3. The van der Waals surface area contributed by atoms with Crippen molar-refractivity contribution in [3.63, 3.8) is 0 Å². The fraction of sp³-hybridized carbons (Fsp3) is 0.222. The molecule has 1 aromatic heterocycles. The van der Waals surface area contributed by atoms with Crippen LogP contribution in [0.25, 0.3) is 5.70 Å². The molecule has 0 saturated heterocycles. The highest BCUT2D eigenvalue weighted by Crippen LogP contribution is 2.14. The molecule has 3 nitrogen and oxygen atoms in total. The molecule has 2 heterocycles. The minimum absolute atomic E-state index is 0.153. The zero-order chi connectivity index (χ0) is 8.39. The summed E-state index contributed by atoms with van der Waals surface area (Å²) >= 11 is 0. The van der Waals surface area contributed by atoms with Crippen molar-refractivity contribution in [3.8, 4) is 0 Å². The number of carbonyl (C=O) groups is 1. The van der Waals surface area contributed by atoms with Gasteiger partial charge in [-0.25, -0.2) is 0 Å². The molecule has 62 valence electrons. The van der Waals surface area contributed by atoms with E-state index >= 15 is 0 Å². The molecule has 1 aliphatic rings. The summed E-state index contributed by atoms with van der Waals surface area (Å²) in [5.41, 5.74) is 0.788. The molecule has 0 aliphatic carbocycles. The van der Waals surface area contributed by atoms with Crippen LogP contribution in [0.15, 0.2) is 28.9 Å². The third-order valence-corrected chi connectivity index (χ3v) is 1.78. The molecule has 0 saturated carbocycles. The molecule has 1 N–H and O–H groups in total. The molecule has 0 radical (unpaired) electrons. The minimum atomic E-state index is 0.153. The number of hydrogen-bond donors (Lipinski definition) is 1. The molecule has 0 aromatic carbocycles. The Hall–Kier alpha value is -1.51. The molecule has 1 aromatic rings. The summed E-state index contributed by atoms with van der Waals surface area (Å²) in [5.74, 6) is 0.878. The smallest absolute Gasteiger partial charge is 0.159 e. The van der Waals surface area contributed by atoms with Gasteiger partial charge in [0.1, 0.15) is 5.76 Å². The van der Waals surface area contributed by atoms with Gasteiger partial charge in [0.15, 0.2) is 5.78 Å². The number of ketones is 1. The van der Waals surface area contributed by atoms with E-state index in [1.807, 2.05) is 6.07 Å². The second-order valence-electron chi connectivity index (χ2n) is 2.68. The third-order valence-electron chi connectivity index (χ3n) is 1.78. The third kappa shape index (κ3) is 1.25. The summed E-state index contributed by atoms with van der Waals surface area (Å²) in [7, 11) is 0. The number of hydrogen-bond acceptors (Lipinski definition) is 3. The number of furan rings is 1. The van der Waals surface area contributed by atoms with Crippen molar-refractivity contribution in [1.82, 2.24) is 5.32 Å². The summed E-state index contributed by atoms with van der Waals surface area (Å²) in [6.45, 7) is 0.700. The van der Waals surface area contributed by atoms with Crippen LogP contribution in [0.3, 0.4) is 0 Å². The van der Waals surface area contributed by atoms with Crippen molar-refractivity contribution in [2.45, 2.75) is 6.42 Å². The minimum Gasteiger partial charge on any atom is -0.463 e. The van der Waals surface area contributed by atoms with Gasteiger partial charge in [-0.2, -0.15) is 0 Å². The van der Waals surface area contributed by atoms with Crippen LogP contribution in [-0.2, 0) is 4.79 Å². The molecular formula is C9H9NO2. The van der Waals surface area contributed by atoms with Crippen molar-refractivity contribution in [2.75, 3.05) is 6.54 Å². The van der Waals surface area contributed by atoms with Gasteiger partial charge in [-0.15, -0.1) is 0 Å². The van der Waals surface area contributed by atoms with Gasteiger partial charge in [0, 0.05) is 19.0 Å².